The van der Waals surface area contributed by atoms with Crippen LogP contribution in [0.25, 0.3) is 0 Å². The smallest absolute Gasteiger partial charge is 0.133 e. The second-order valence-electron chi connectivity index (χ2n) is 3.89. The molecule has 0 aliphatic heterocycles. The summed E-state index contributed by atoms with van der Waals surface area (Å²) in [5.41, 5.74) is 8.13. The normalized spacial score (nSPS) is 12.2. The molecular formula is C14H13BrClNO. The van der Waals surface area contributed by atoms with Crippen LogP contribution in [0, 0.1) is 0 Å². The molecule has 0 heterocycles. The van der Waals surface area contributed by atoms with Gasteiger partial charge in [0.2, 0.25) is 0 Å². The highest BCUT2D eigenvalue weighted by Crippen LogP contribution is 2.31. The van der Waals surface area contributed by atoms with E-state index >= 15 is 0 Å². The third-order valence-electron chi connectivity index (χ3n) is 2.78. The standard InChI is InChI=1S/C14H13BrClNO/c1-18-13-7-6-9(8-11(13)15)14(17)10-4-2-3-5-12(10)16/h2-8,14H,17H2,1H3. The largest absolute Gasteiger partial charge is 0.496 e. The Kier molecular flexibility index (Phi) is 4.27. The van der Waals surface area contributed by atoms with Crippen molar-refractivity contribution in [1.82, 2.24) is 0 Å². The molecule has 0 radical (unpaired) electrons. The summed E-state index contributed by atoms with van der Waals surface area (Å²) in [4.78, 5) is 0. The van der Waals surface area contributed by atoms with Crippen molar-refractivity contribution in [1.29, 1.82) is 0 Å². The van der Waals surface area contributed by atoms with Crippen molar-refractivity contribution in [3.8, 4) is 5.75 Å². The maximum absolute atomic E-state index is 6.23. The first-order chi connectivity index (χ1) is 8.63. The number of ether oxygens (including phenoxy) is 1. The highest BCUT2D eigenvalue weighted by molar-refractivity contribution is 9.10. The van der Waals surface area contributed by atoms with E-state index in [1.165, 1.54) is 0 Å². The van der Waals surface area contributed by atoms with Crippen LogP contribution in [0.3, 0.4) is 0 Å². The fraction of sp³-hybridized carbons (Fsp3) is 0.143. The van der Waals surface area contributed by atoms with Crippen molar-refractivity contribution >= 4 is 27.5 Å². The van der Waals surface area contributed by atoms with Gasteiger partial charge in [-0.1, -0.05) is 35.9 Å². The molecular weight excluding hydrogens is 314 g/mol. The average Bonchev–Trinajstić information content (AvgIpc) is 2.38. The van der Waals surface area contributed by atoms with Gasteiger partial charge in [0.15, 0.2) is 0 Å². The molecule has 2 N–H and O–H groups in total. The number of halogens is 2. The molecule has 2 aromatic carbocycles. The molecule has 0 amide bonds. The minimum absolute atomic E-state index is 0.249. The van der Waals surface area contributed by atoms with E-state index in [0.717, 1.165) is 21.3 Å². The molecule has 18 heavy (non-hydrogen) atoms. The van der Waals surface area contributed by atoms with Gasteiger partial charge in [-0.15, -0.1) is 0 Å². The second-order valence-corrected chi connectivity index (χ2v) is 5.15. The molecule has 2 rings (SSSR count). The summed E-state index contributed by atoms with van der Waals surface area (Å²) in [5, 5.41) is 0.678. The lowest BCUT2D eigenvalue weighted by Crippen LogP contribution is -2.12. The molecule has 0 aliphatic rings. The van der Waals surface area contributed by atoms with Gasteiger partial charge < -0.3 is 10.5 Å². The second kappa shape index (κ2) is 5.74. The third kappa shape index (κ3) is 2.69. The quantitative estimate of drug-likeness (QED) is 0.919. The summed E-state index contributed by atoms with van der Waals surface area (Å²) in [6.45, 7) is 0. The van der Waals surface area contributed by atoms with Gasteiger partial charge in [0.05, 0.1) is 17.6 Å². The van der Waals surface area contributed by atoms with Gasteiger partial charge in [0.25, 0.3) is 0 Å². The van der Waals surface area contributed by atoms with Crippen LogP contribution in [0.15, 0.2) is 46.9 Å². The molecule has 0 aromatic heterocycles. The minimum Gasteiger partial charge on any atom is -0.496 e. The van der Waals surface area contributed by atoms with E-state index in [2.05, 4.69) is 15.9 Å². The van der Waals surface area contributed by atoms with Crippen molar-refractivity contribution in [3.63, 3.8) is 0 Å². The Hall–Kier alpha value is -1.03. The highest BCUT2D eigenvalue weighted by Gasteiger charge is 2.13. The van der Waals surface area contributed by atoms with Crippen LogP contribution in [0.2, 0.25) is 5.02 Å². The molecule has 0 aliphatic carbocycles. The van der Waals surface area contributed by atoms with Crippen molar-refractivity contribution in [3.05, 3.63) is 63.1 Å². The van der Waals surface area contributed by atoms with Crippen LogP contribution < -0.4 is 10.5 Å². The lowest BCUT2D eigenvalue weighted by atomic mass is 9.99. The zero-order chi connectivity index (χ0) is 13.1. The van der Waals surface area contributed by atoms with Gasteiger partial charge >= 0.3 is 0 Å². The summed E-state index contributed by atoms with van der Waals surface area (Å²) in [6, 6.07) is 13.1. The van der Waals surface area contributed by atoms with E-state index < -0.39 is 0 Å². The number of benzene rings is 2. The Morgan fingerprint density at radius 1 is 1.22 bits per heavy atom. The fourth-order valence-corrected chi connectivity index (χ4v) is 2.59. The molecule has 0 saturated heterocycles. The topological polar surface area (TPSA) is 35.2 Å². The van der Waals surface area contributed by atoms with E-state index in [9.17, 15) is 0 Å². The first kappa shape index (κ1) is 13.4. The van der Waals surface area contributed by atoms with Crippen LogP contribution in [0.1, 0.15) is 17.2 Å². The van der Waals surface area contributed by atoms with Crippen LogP contribution in [0.4, 0.5) is 0 Å². The first-order valence-corrected chi connectivity index (χ1v) is 6.64. The van der Waals surface area contributed by atoms with Crippen LogP contribution in [-0.4, -0.2) is 7.11 Å². The van der Waals surface area contributed by atoms with E-state index in [1.807, 2.05) is 42.5 Å². The molecule has 2 aromatic rings. The van der Waals surface area contributed by atoms with Gasteiger partial charge in [-0.2, -0.15) is 0 Å². The Bertz CT molecular complexity index is 559. The Labute approximate surface area is 120 Å². The van der Waals surface area contributed by atoms with E-state index in [1.54, 1.807) is 7.11 Å². The number of nitrogens with two attached hydrogens (primary N) is 1. The zero-order valence-electron chi connectivity index (χ0n) is 9.86. The predicted molar refractivity (Wildman–Crippen MR) is 78.2 cm³/mol. The van der Waals surface area contributed by atoms with Crippen molar-refractivity contribution < 1.29 is 4.74 Å². The minimum atomic E-state index is -0.249. The summed E-state index contributed by atoms with van der Waals surface area (Å²) in [5.74, 6) is 0.783. The molecule has 0 bridgehead atoms. The molecule has 0 saturated carbocycles. The third-order valence-corrected chi connectivity index (χ3v) is 3.74. The molecule has 1 atom stereocenters. The maximum atomic E-state index is 6.23. The summed E-state index contributed by atoms with van der Waals surface area (Å²) in [7, 11) is 1.63. The molecule has 4 heteroatoms. The Morgan fingerprint density at radius 2 is 1.94 bits per heavy atom. The van der Waals surface area contributed by atoms with E-state index in [-0.39, 0.29) is 6.04 Å². The lowest BCUT2D eigenvalue weighted by molar-refractivity contribution is 0.412. The molecule has 1 unspecified atom stereocenters. The highest BCUT2D eigenvalue weighted by atomic mass is 79.9. The van der Waals surface area contributed by atoms with Gasteiger partial charge in [0.1, 0.15) is 5.75 Å². The fourth-order valence-electron chi connectivity index (χ4n) is 1.78. The van der Waals surface area contributed by atoms with Gasteiger partial charge in [0, 0.05) is 5.02 Å². The first-order valence-electron chi connectivity index (χ1n) is 5.47. The number of hydrogen-bond donors (Lipinski definition) is 1. The SMILES string of the molecule is COc1ccc(C(N)c2ccccc2Cl)cc1Br. The van der Waals surface area contributed by atoms with Crippen LogP contribution >= 0.6 is 27.5 Å². The number of methoxy groups -OCH3 is 1. The summed E-state index contributed by atoms with van der Waals surface area (Å²) in [6.07, 6.45) is 0. The molecule has 94 valence electrons. The van der Waals surface area contributed by atoms with Crippen molar-refractivity contribution in [2.75, 3.05) is 7.11 Å². The molecule has 2 nitrogen and oxygen atoms in total. The lowest BCUT2D eigenvalue weighted by Gasteiger charge is -2.15. The van der Waals surface area contributed by atoms with E-state index in [0.29, 0.717) is 5.02 Å². The molecule has 0 fully saturated rings. The number of hydrogen-bond acceptors (Lipinski definition) is 2. The monoisotopic (exact) mass is 325 g/mol. The Balaban J connectivity index is 2.37. The maximum Gasteiger partial charge on any atom is 0.133 e. The molecule has 0 spiro atoms. The zero-order valence-corrected chi connectivity index (χ0v) is 12.2. The van der Waals surface area contributed by atoms with Gasteiger partial charge in [-0.3, -0.25) is 0 Å². The number of rotatable bonds is 3. The van der Waals surface area contributed by atoms with Gasteiger partial charge in [-0.25, -0.2) is 0 Å². The van der Waals surface area contributed by atoms with Crippen LogP contribution in [-0.2, 0) is 0 Å². The summed E-state index contributed by atoms with van der Waals surface area (Å²) < 4.78 is 6.08. The van der Waals surface area contributed by atoms with Crippen LogP contribution in [0.5, 0.6) is 5.75 Å². The van der Waals surface area contributed by atoms with E-state index in [4.69, 9.17) is 22.1 Å². The Morgan fingerprint density at radius 3 is 2.56 bits per heavy atom. The predicted octanol–water partition coefficient (Wildman–Crippen LogP) is 4.16. The van der Waals surface area contributed by atoms with Crippen molar-refractivity contribution in [2.45, 2.75) is 6.04 Å². The van der Waals surface area contributed by atoms with Gasteiger partial charge in [-0.05, 0) is 45.3 Å². The summed E-state index contributed by atoms with van der Waals surface area (Å²) >= 11 is 9.60. The average molecular weight is 327 g/mol. The van der Waals surface area contributed by atoms with Crippen molar-refractivity contribution in [2.24, 2.45) is 5.73 Å².